The van der Waals surface area contributed by atoms with Crippen LogP contribution in [0.25, 0.3) is 0 Å². The van der Waals surface area contributed by atoms with Gasteiger partial charge in [0.1, 0.15) is 5.54 Å². The molecule has 1 aromatic carbocycles. The monoisotopic (exact) mass is 371 g/mol. The number of benzene rings is 1. The van der Waals surface area contributed by atoms with Gasteiger partial charge < -0.3 is 10.1 Å². The number of nitrogens with one attached hydrogen (secondary N) is 1. The summed E-state index contributed by atoms with van der Waals surface area (Å²) in [6.45, 7) is 5.11. The summed E-state index contributed by atoms with van der Waals surface area (Å²) in [6, 6.07) is 8.20. The van der Waals surface area contributed by atoms with Crippen molar-refractivity contribution < 1.29 is 9.53 Å². The van der Waals surface area contributed by atoms with Crippen LogP contribution in [0, 0.1) is 5.92 Å². The van der Waals surface area contributed by atoms with Gasteiger partial charge in [-0.1, -0.05) is 22.9 Å². The van der Waals surface area contributed by atoms with E-state index in [-0.39, 0.29) is 5.97 Å². The summed E-state index contributed by atoms with van der Waals surface area (Å²) in [6.07, 6.45) is 2.21. The normalized spacial score (nSPS) is 17.3. The number of carbonyl (C=O) groups excluding carboxylic acids is 1. The van der Waals surface area contributed by atoms with Crippen molar-refractivity contribution in [2.75, 3.05) is 18.9 Å². The van der Waals surface area contributed by atoms with Gasteiger partial charge in [-0.2, -0.15) is 0 Å². The first-order valence-electron chi connectivity index (χ1n) is 7.43. The smallest absolute Gasteiger partial charge is 0.327 e. The van der Waals surface area contributed by atoms with E-state index in [0.717, 1.165) is 23.9 Å². The lowest BCUT2D eigenvalue weighted by Crippen LogP contribution is -2.57. The van der Waals surface area contributed by atoms with E-state index in [1.165, 1.54) is 4.90 Å². The molecular formula is C16H22BrNO2S. The third-order valence-corrected chi connectivity index (χ3v) is 5.42. The van der Waals surface area contributed by atoms with Crippen LogP contribution in [0.2, 0.25) is 0 Å². The summed E-state index contributed by atoms with van der Waals surface area (Å²) in [5, 5.41) is 3.42. The van der Waals surface area contributed by atoms with Crippen LogP contribution in [-0.2, 0) is 9.53 Å². The molecule has 0 aromatic heterocycles. The molecule has 1 fully saturated rings. The number of thioether (sulfide) groups is 1. The van der Waals surface area contributed by atoms with Crippen molar-refractivity contribution in [3.8, 4) is 0 Å². The van der Waals surface area contributed by atoms with Gasteiger partial charge in [0, 0.05) is 15.1 Å². The van der Waals surface area contributed by atoms with E-state index < -0.39 is 5.54 Å². The fourth-order valence-corrected chi connectivity index (χ4v) is 3.93. The van der Waals surface area contributed by atoms with Gasteiger partial charge in [0.2, 0.25) is 0 Å². The second-order valence-corrected chi connectivity index (χ2v) is 7.20. The lowest BCUT2D eigenvalue weighted by Gasteiger charge is -2.32. The van der Waals surface area contributed by atoms with Crippen LogP contribution in [0.3, 0.4) is 0 Å². The maximum atomic E-state index is 12.5. The van der Waals surface area contributed by atoms with E-state index in [0.29, 0.717) is 18.3 Å². The Labute approximate surface area is 139 Å². The Morgan fingerprint density at radius 1 is 1.38 bits per heavy atom. The highest BCUT2D eigenvalue weighted by Crippen LogP contribution is 2.43. The number of esters is 1. The topological polar surface area (TPSA) is 38.3 Å². The van der Waals surface area contributed by atoms with E-state index in [4.69, 9.17) is 4.74 Å². The quantitative estimate of drug-likeness (QED) is 0.556. The van der Waals surface area contributed by atoms with Crippen LogP contribution >= 0.6 is 27.7 Å². The van der Waals surface area contributed by atoms with Crippen molar-refractivity contribution in [1.29, 1.82) is 0 Å². The summed E-state index contributed by atoms with van der Waals surface area (Å²) in [5.74, 6) is 1.02. The molecule has 0 bridgehead atoms. The molecule has 116 valence electrons. The van der Waals surface area contributed by atoms with Crippen LogP contribution in [0.1, 0.15) is 26.7 Å². The SMILES string of the molecule is CCNC(CSc1ccc(Br)cc1)(C(=O)OCC)C1CC1. The summed E-state index contributed by atoms with van der Waals surface area (Å²) >= 11 is 5.16. The molecule has 1 atom stereocenters. The molecular weight excluding hydrogens is 350 g/mol. The van der Waals surface area contributed by atoms with Crippen molar-refractivity contribution in [3.63, 3.8) is 0 Å². The molecule has 0 aliphatic heterocycles. The lowest BCUT2D eigenvalue weighted by molar-refractivity contribution is -0.151. The average Bonchev–Trinajstić information content (AvgIpc) is 3.30. The molecule has 0 saturated heterocycles. The van der Waals surface area contributed by atoms with Gasteiger partial charge in [-0.15, -0.1) is 11.8 Å². The van der Waals surface area contributed by atoms with Gasteiger partial charge in [-0.3, -0.25) is 4.79 Å². The first kappa shape index (κ1) is 16.8. The number of hydrogen-bond donors (Lipinski definition) is 1. The van der Waals surface area contributed by atoms with E-state index >= 15 is 0 Å². The predicted octanol–water partition coefficient (Wildman–Crippen LogP) is 3.86. The van der Waals surface area contributed by atoms with Gasteiger partial charge in [0.05, 0.1) is 6.61 Å². The Kier molecular flexibility index (Phi) is 6.14. The molecule has 1 unspecified atom stereocenters. The van der Waals surface area contributed by atoms with Crippen molar-refractivity contribution in [2.24, 2.45) is 5.92 Å². The zero-order valence-corrected chi connectivity index (χ0v) is 14.9. The highest BCUT2D eigenvalue weighted by molar-refractivity contribution is 9.10. The molecule has 3 nitrogen and oxygen atoms in total. The molecule has 5 heteroatoms. The third kappa shape index (κ3) is 4.24. The standard InChI is InChI=1S/C16H22BrNO2S/c1-3-18-16(12-5-6-12,15(19)20-4-2)11-21-14-9-7-13(17)8-10-14/h7-10,12,18H,3-6,11H2,1-2H3. The maximum absolute atomic E-state index is 12.5. The number of ether oxygens (including phenoxy) is 1. The number of rotatable bonds is 8. The Hall–Kier alpha value is -0.520. The number of halogens is 1. The van der Waals surface area contributed by atoms with Crippen LogP contribution in [0.15, 0.2) is 33.6 Å². The highest BCUT2D eigenvalue weighted by atomic mass is 79.9. The molecule has 1 N–H and O–H groups in total. The number of carbonyl (C=O) groups is 1. The predicted molar refractivity (Wildman–Crippen MR) is 90.6 cm³/mol. The summed E-state index contributed by atoms with van der Waals surface area (Å²) in [4.78, 5) is 13.7. The first-order chi connectivity index (χ1) is 10.1. The van der Waals surface area contributed by atoms with Crippen LogP contribution < -0.4 is 5.32 Å². The fourth-order valence-electron chi connectivity index (χ4n) is 2.49. The van der Waals surface area contributed by atoms with Gasteiger partial charge in [0.15, 0.2) is 0 Å². The van der Waals surface area contributed by atoms with Gasteiger partial charge in [-0.05, 0) is 56.5 Å². The zero-order chi connectivity index (χ0) is 15.3. The largest absolute Gasteiger partial charge is 0.465 e. The molecule has 1 aliphatic rings. The number of likely N-dealkylation sites (N-methyl/N-ethyl adjacent to an activating group) is 1. The maximum Gasteiger partial charge on any atom is 0.327 e. The molecule has 0 radical (unpaired) electrons. The minimum absolute atomic E-state index is 0.0982. The average molecular weight is 372 g/mol. The third-order valence-electron chi connectivity index (χ3n) is 3.69. The molecule has 0 spiro atoms. The van der Waals surface area contributed by atoms with Crippen LogP contribution in [0.5, 0.6) is 0 Å². The second-order valence-electron chi connectivity index (χ2n) is 5.24. The van der Waals surface area contributed by atoms with Crippen LogP contribution in [0.4, 0.5) is 0 Å². The Balaban J connectivity index is 2.11. The van der Waals surface area contributed by atoms with E-state index in [1.54, 1.807) is 11.8 Å². The summed E-state index contributed by atoms with van der Waals surface area (Å²) in [7, 11) is 0. The second kappa shape index (κ2) is 7.65. The van der Waals surface area contributed by atoms with E-state index in [9.17, 15) is 4.79 Å². The van der Waals surface area contributed by atoms with Gasteiger partial charge in [-0.25, -0.2) is 0 Å². The lowest BCUT2D eigenvalue weighted by atomic mass is 9.95. The van der Waals surface area contributed by atoms with Gasteiger partial charge in [0.25, 0.3) is 0 Å². The summed E-state index contributed by atoms with van der Waals surface area (Å²) in [5.41, 5.74) is -0.539. The molecule has 0 amide bonds. The van der Waals surface area contributed by atoms with Crippen molar-refractivity contribution in [2.45, 2.75) is 37.1 Å². The van der Waals surface area contributed by atoms with Crippen molar-refractivity contribution >= 4 is 33.7 Å². The van der Waals surface area contributed by atoms with Crippen molar-refractivity contribution in [3.05, 3.63) is 28.7 Å². The van der Waals surface area contributed by atoms with Crippen molar-refractivity contribution in [1.82, 2.24) is 5.32 Å². The molecule has 1 saturated carbocycles. The highest BCUT2D eigenvalue weighted by Gasteiger charge is 2.51. The first-order valence-corrected chi connectivity index (χ1v) is 9.21. The van der Waals surface area contributed by atoms with Gasteiger partial charge >= 0.3 is 5.97 Å². The molecule has 2 rings (SSSR count). The molecule has 1 aromatic rings. The minimum Gasteiger partial charge on any atom is -0.465 e. The zero-order valence-electron chi connectivity index (χ0n) is 12.5. The number of hydrogen-bond acceptors (Lipinski definition) is 4. The minimum atomic E-state index is -0.539. The Morgan fingerprint density at radius 3 is 2.57 bits per heavy atom. The van der Waals surface area contributed by atoms with E-state index in [2.05, 4.69) is 33.4 Å². The summed E-state index contributed by atoms with van der Waals surface area (Å²) < 4.78 is 6.41. The van der Waals surface area contributed by atoms with Crippen LogP contribution in [-0.4, -0.2) is 30.4 Å². The Bertz CT molecular complexity index is 476. The Morgan fingerprint density at radius 2 is 2.05 bits per heavy atom. The molecule has 21 heavy (non-hydrogen) atoms. The fraction of sp³-hybridized carbons (Fsp3) is 0.562. The molecule has 1 aliphatic carbocycles. The molecule has 0 heterocycles. The van der Waals surface area contributed by atoms with E-state index in [1.807, 2.05) is 26.0 Å².